The van der Waals surface area contributed by atoms with Crippen molar-refractivity contribution < 1.29 is 19.0 Å². The van der Waals surface area contributed by atoms with Gasteiger partial charge in [-0.2, -0.15) is 0 Å². The largest absolute Gasteiger partial charge is 0.457 e. The number of esters is 1. The van der Waals surface area contributed by atoms with Gasteiger partial charge in [-0.05, 0) is 55.2 Å². The zero-order chi connectivity index (χ0) is 23.8. The van der Waals surface area contributed by atoms with E-state index in [9.17, 15) is 14.3 Å². The quantitative estimate of drug-likeness (QED) is 0.537. The summed E-state index contributed by atoms with van der Waals surface area (Å²) in [7, 11) is 0. The maximum atomic E-state index is 14.2. The molecule has 6 heteroatoms. The molecule has 2 radical (unpaired) electrons. The molecular weight excluding hydrogens is 419 g/mol. The summed E-state index contributed by atoms with van der Waals surface area (Å²) in [6.45, 7) is 12.1. The molecule has 0 unspecified atom stereocenters. The monoisotopic (exact) mass is 456 g/mol. The standard InChI is InChI=1S/C27H37FN2O3/c1-18-15-23-22(10-9-20(3)27(23,32)16-26(18)33-21(4)31)19(2)17-29-11-13-30(14-12-29)25-8-6-5-7-24(25)28/h5-8,15,19-20,22-23,26,32H,9-14,17H2,1-4H3/t19-,20-,22+,23-,26-,27-/m1/s1. The molecule has 2 fully saturated rings. The highest BCUT2D eigenvalue weighted by Crippen LogP contribution is 2.50. The number of hydrogen-bond acceptors (Lipinski definition) is 5. The second-order valence-electron chi connectivity index (χ2n) is 10.3. The van der Waals surface area contributed by atoms with Gasteiger partial charge in [-0.1, -0.05) is 32.1 Å². The van der Waals surface area contributed by atoms with E-state index in [-0.39, 0.29) is 23.6 Å². The molecule has 2 aliphatic carbocycles. The summed E-state index contributed by atoms with van der Waals surface area (Å²) < 4.78 is 19.6. The lowest BCUT2D eigenvalue weighted by atomic mass is 9.57. The summed E-state index contributed by atoms with van der Waals surface area (Å²) in [6, 6.07) is 6.99. The Morgan fingerprint density at radius 1 is 1.27 bits per heavy atom. The zero-order valence-corrected chi connectivity index (χ0v) is 20.3. The summed E-state index contributed by atoms with van der Waals surface area (Å²) in [6.07, 6.45) is 6.82. The Balaban J connectivity index is 1.41. The summed E-state index contributed by atoms with van der Waals surface area (Å²) in [5.41, 5.74) is 0.554. The second kappa shape index (κ2) is 9.75. The molecule has 5 nitrogen and oxygen atoms in total. The van der Waals surface area contributed by atoms with E-state index in [1.807, 2.05) is 19.1 Å². The molecule has 1 aromatic rings. The van der Waals surface area contributed by atoms with Crippen molar-refractivity contribution in [2.24, 2.45) is 23.7 Å². The molecule has 1 aromatic carbocycles. The van der Waals surface area contributed by atoms with Gasteiger partial charge in [0.05, 0.1) is 17.7 Å². The number of anilines is 1. The van der Waals surface area contributed by atoms with Gasteiger partial charge in [0.1, 0.15) is 11.9 Å². The Labute approximate surface area is 197 Å². The van der Waals surface area contributed by atoms with Crippen molar-refractivity contribution in [2.45, 2.75) is 52.2 Å². The molecule has 1 saturated heterocycles. The highest BCUT2D eigenvalue weighted by Gasteiger charge is 2.53. The maximum absolute atomic E-state index is 14.2. The number of nitrogens with zero attached hydrogens (tertiary/aromatic N) is 2. The number of fused-ring (bicyclic) bond motifs is 1. The van der Waals surface area contributed by atoms with Crippen LogP contribution in [-0.2, 0) is 9.53 Å². The van der Waals surface area contributed by atoms with Crippen LogP contribution in [0.3, 0.4) is 0 Å². The van der Waals surface area contributed by atoms with Gasteiger partial charge in [-0.3, -0.25) is 9.69 Å². The number of aliphatic hydroxyl groups is 1. The topological polar surface area (TPSA) is 53.0 Å². The van der Waals surface area contributed by atoms with Gasteiger partial charge in [0.2, 0.25) is 0 Å². The number of benzene rings is 1. The molecule has 33 heavy (non-hydrogen) atoms. The number of halogens is 1. The predicted octanol–water partition coefficient (Wildman–Crippen LogP) is 3.95. The minimum absolute atomic E-state index is 0.0252. The average molecular weight is 457 g/mol. The van der Waals surface area contributed by atoms with Gasteiger partial charge < -0.3 is 14.7 Å². The van der Waals surface area contributed by atoms with Crippen molar-refractivity contribution in [1.29, 1.82) is 0 Å². The van der Waals surface area contributed by atoms with Crippen molar-refractivity contribution in [3.05, 3.63) is 48.2 Å². The van der Waals surface area contributed by atoms with Crippen LogP contribution in [0.25, 0.3) is 0 Å². The molecule has 0 spiro atoms. The molecule has 0 amide bonds. The highest BCUT2D eigenvalue weighted by molar-refractivity contribution is 5.66. The van der Waals surface area contributed by atoms with E-state index in [1.54, 1.807) is 6.07 Å². The van der Waals surface area contributed by atoms with Crippen molar-refractivity contribution in [1.82, 2.24) is 4.90 Å². The van der Waals surface area contributed by atoms with E-state index in [0.29, 0.717) is 17.5 Å². The zero-order valence-electron chi connectivity index (χ0n) is 20.3. The molecule has 1 aliphatic heterocycles. The average Bonchev–Trinajstić information content (AvgIpc) is 2.77. The van der Waals surface area contributed by atoms with E-state index < -0.39 is 11.7 Å². The van der Waals surface area contributed by atoms with E-state index in [4.69, 9.17) is 4.74 Å². The Bertz CT molecular complexity index is 882. The molecule has 180 valence electrons. The Morgan fingerprint density at radius 3 is 2.64 bits per heavy atom. The molecular formula is C27H37FN2O3. The van der Waals surface area contributed by atoms with Gasteiger partial charge in [0, 0.05) is 45.6 Å². The fraction of sp³-hybridized carbons (Fsp3) is 0.630. The van der Waals surface area contributed by atoms with Crippen LogP contribution >= 0.6 is 0 Å². The normalized spacial score (nSPS) is 33.8. The molecule has 6 atom stereocenters. The second-order valence-corrected chi connectivity index (χ2v) is 10.3. The van der Waals surface area contributed by atoms with Crippen molar-refractivity contribution in [3.8, 4) is 0 Å². The number of carbonyl (C=O) groups is 1. The Kier molecular flexibility index (Phi) is 7.15. The third-order valence-electron chi connectivity index (χ3n) is 8.00. The lowest BCUT2D eigenvalue weighted by molar-refractivity contribution is -0.148. The van der Waals surface area contributed by atoms with Gasteiger partial charge in [0.15, 0.2) is 0 Å². The van der Waals surface area contributed by atoms with Crippen molar-refractivity contribution >= 4 is 11.7 Å². The smallest absolute Gasteiger partial charge is 0.303 e. The summed E-state index contributed by atoms with van der Waals surface area (Å²) in [5.74, 6) is 0.251. The maximum Gasteiger partial charge on any atom is 0.303 e. The van der Waals surface area contributed by atoms with Crippen LogP contribution in [0.2, 0.25) is 0 Å². The van der Waals surface area contributed by atoms with Crippen molar-refractivity contribution in [3.63, 3.8) is 0 Å². The molecule has 1 saturated carbocycles. The van der Waals surface area contributed by atoms with Crippen molar-refractivity contribution in [2.75, 3.05) is 37.6 Å². The number of para-hydroxylation sites is 1. The third-order valence-corrected chi connectivity index (χ3v) is 8.00. The molecule has 4 rings (SSSR count). The molecule has 1 N–H and O–H groups in total. The summed E-state index contributed by atoms with van der Waals surface area (Å²) in [4.78, 5) is 16.1. The van der Waals surface area contributed by atoms with Crippen LogP contribution in [0.15, 0.2) is 35.9 Å². The van der Waals surface area contributed by atoms with Gasteiger partial charge in [0.25, 0.3) is 0 Å². The van der Waals surface area contributed by atoms with Crippen LogP contribution in [0.1, 0.15) is 40.5 Å². The Hall–Kier alpha value is -1.92. The number of carbonyl (C=O) groups excluding carboxylic acids is 1. The minimum Gasteiger partial charge on any atom is -0.457 e. The SMILES string of the molecule is CC(=O)O[C@@H]1[C][C@@]2(O)[C@H](C)CC[C@@H]([C@H](C)CN3CCN(c4ccccc4F)CC3)[C@H]2C=C1C. The van der Waals surface area contributed by atoms with Gasteiger partial charge in [-0.15, -0.1) is 0 Å². The first-order chi connectivity index (χ1) is 15.7. The lowest BCUT2D eigenvalue weighted by Crippen LogP contribution is -2.57. The van der Waals surface area contributed by atoms with E-state index >= 15 is 0 Å². The Morgan fingerprint density at radius 2 is 1.97 bits per heavy atom. The van der Waals surface area contributed by atoms with E-state index in [0.717, 1.165) is 51.1 Å². The fourth-order valence-corrected chi connectivity index (χ4v) is 6.03. The van der Waals surface area contributed by atoms with Crippen LogP contribution < -0.4 is 4.90 Å². The fourth-order valence-electron chi connectivity index (χ4n) is 6.03. The molecule has 0 aromatic heterocycles. The number of hydrogen-bond donors (Lipinski definition) is 1. The van der Waals surface area contributed by atoms with E-state index in [1.165, 1.54) is 13.0 Å². The number of rotatable bonds is 5. The first-order valence-corrected chi connectivity index (χ1v) is 12.3. The van der Waals surface area contributed by atoms with Crippen LogP contribution in [0.4, 0.5) is 10.1 Å². The van der Waals surface area contributed by atoms with Gasteiger partial charge >= 0.3 is 5.97 Å². The van der Waals surface area contributed by atoms with Crippen LogP contribution in [-0.4, -0.2) is 60.4 Å². The summed E-state index contributed by atoms with van der Waals surface area (Å²) in [5, 5.41) is 11.7. The first-order valence-electron chi connectivity index (χ1n) is 12.3. The third kappa shape index (κ3) is 4.97. The van der Waals surface area contributed by atoms with Gasteiger partial charge in [-0.25, -0.2) is 4.39 Å². The van der Waals surface area contributed by atoms with Crippen LogP contribution in [0.5, 0.6) is 0 Å². The molecule has 3 aliphatic rings. The molecule has 0 bridgehead atoms. The van der Waals surface area contributed by atoms with E-state index in [2.05, 4.69) is 36.1 Å². The minimum atomic E-state index is -1.08. The van der Waals surface area contributed by atoms with Crippen LogP contribution in [0, 0.1) is 35.9 Å². The number of piperazine rings is 1. The lowest BCUT2D eigenvalue weighted by Gasteiger charge is -2.53. The summed E-state index contributed by atoms with van der Waals surface area (Å²) >= 11 is 0. The first kappa shape index (κ1) is 24.2. The highest BCUT2D eigenvalue weighted by atomic mass is 19.1. The number of ether oxygens (including phenoxy) is 1. The molecule has 1 heterocycles. The predicted molar refractivity (Wildman–Crippen MR) is 127 cm³/mol.